The van der Waals surface area contributed by atoms with Gasteiger partial charge in [-0.2, -0.15) is 0 Å². The monoisotopic (exact) mass is 194 g/mol. The lowest BCUT2D eigenvalue weighted by Gasteiger charge is -2.17. The number of hydrogen-bond donors (Lipinski definition) is 0. The Morgan fingerprint density at radius 3 is 2.69 bits per heavy atom. The Hall–Kier alpha value is -0.303. The third kappa shape index (κ3) is 3.95. The molecule has 1 heteroatoms. The van der Waals surface area contributed by atoms with Gasteiger partial charge < -0.3 is 0 Å². The smallest absolute Gasteiger partial charge is 0.0328 e. The summed E-state index contributed by atoms with van der Waals surface area (Å²) in [5, 5.41) is 1.64. The first-order valence-electron chi connectivity index (χ1n) is 5.48. The van der Waals surface area contributed by atoms with Crippen molar-refractivity contribution in [1.29, 1.82) is 0 Å². The second-order valence-corrected chi connectivity index (χ2v) is 5.97. The van der Waals surface area contributed by atoms with E-state index in [1.165, 1.54) is 42.3 Å². The summed E-state index contributed by atoms with van der Waals surface area (Å²) in [6, 6.07) is 0. The van der Waals surface area contributed by atoms with E-state index in [0.717, 1.165) is 5.92 Å². The zero-order valence-electron chi connectivity index (χ0n) is 9.27. The highest BCUT2D eigenvalue weighted by molar-refractivity contribution is 6.21. The van der Waals surface area contributed by atoms with Gasteiger partial charge in [0.2, 0.25) is 0 Å². The molecule has 0 nitrogen and oxygen atoms in total. The van der Waals surface area contributed by atoms with Crippen molar-refractivity contribution in [2.75, 3.05) is 0 Å². The van der Waals surface area contributed by atoms with E-state index in [0.29, 0.717) is 0 Å². The summed E-state index contributed by atoms with van der Waals surface area (Å²) in [5.74, 6) is 0.973. The fraction of sp³-hybridized carbons (Fsp3) is 0.667. The van der Waals surface area contributed by atoms with Crippen LogP contribution in [0.1, 0.15) is 46.0 Å². The van der Waals surface area contributed by atoms with Crippen molar-refractivity contribution in [1.82, 2.24) is 0 Å². The molecular weight excluding hydrogens is 172 g/mol. The fourth-order valence-electron chi connectivity index (χ4n) is 1.79. The maximum atomic E-state index is 2.36. The van der Waals surface area contributed by atoms with Gasteiger partial charge in [-0.1, -0.05) is 22.9 Å². The molecule has 74 valence electrons. The normalized spacial score (nSPS) is 24.6. The average molecular weight is 194 g/mol. The molecule has 0 fully saturated rings. The Balaban J connectivity index is 2.26. The molecule has 0 aromatic carbocycles. The highest BCUT2D eigenvalue weighted by atomic mass is 28.1. The summed E-state index contributed by atoms with van der Waals surface area (Å²) in [6.45, 7) is 4.59. The van der Waals surface area contributed by atoms with Crippen molar-refractivity contribution < 1.29 is 0 Å². The summed E-state index contributed by atoms with van der Waals surface area (Å²) in [6.07, 6.45) is 11.5. The van der Waals surface area contributed by atoms with E-state index in [1.54, 1.807) is 10.8 Å². The molecule has 0 saturated carbocycles. The molecule has 1 aliphatic rings. The van der Waals surface area contributed by atoms with Gasteiger partial charge in [0.05, 0.1) is 0 Å². The van der Waals surface area contributed by atoms with Crippen LogP contribution in [0.3, 0.4) is 0 Å². The van der Waals surface area contributed by atoms with Crippen LogP contribution in [0.5, 0.6) is 0 Å². The Bertz CT molecular complexity index is 209. The third-order valence-electron chi connectivity index (χ3n) is 3.16. The Morgan fingerprint density at radius 1 is 1.38 bits per heavy atom. The first kappa shape index (κ1) is 10.8. The molecule has 0 N–H and O–H groups in total. The van der Waals surface area contributed by atoms with Crippen LogP contribution in [0.4, 0.5) is 0 Å². The van der Waals surface area contributed by atoms with E-state index in [-0.39, 0.29) is 0 Å². The minimum absolute atomic E-state index is 0.973. The van der Waals surface area contributed by atoms with Crippen molar-refractivity contribution in [3.05, 3.63) is 22.9 Å². The first-order valence-corrected chi connectivity index (χ1v) is 6.48. The van der Waals surface area contributed by atoms with E-state index in [2.05, 4.69) is 26.0 Å². The van der Waals surface area contributed by atoms with Crippen molar-refractivity contribution >= 4 is 10.2 Å². The summed E-state index contributed by atoms with van der Waals surface area (Å²) in [7, 11) is 1.25. The highest BCUT2D eigenvalue weighted by Gasteiger charge is 2.09. The predicted molar refractivity (Wildman–Crippen MR) is 64.0 cm³/mol. The predicted octanol–water partition coefficient (Wildman–Crippen LogP) is 2.78. The lowest BCUT2D eigenvalue weighted by atomic mass is 9.89. The molecule has 13 heavy (non-hydrogen) atoms. The molecule has 1 unspecified atom stereocenters. The van der Waals surface area contributed by atoms with Gasteiger partial charge in [-0.3, -0.25) is 0 Å². The van der Waals surface area contributed by atoms with Gasteiger partial charge in [0.15, 0.2) is 0 Å². The van der Waals surface area contributed by atoms with Crippen LogP contribution in [0.25, 0.3) is 0 Å². The van der Waals surface area contributed by atoms with Gasteiger partial charge in [0.25, 0.3) is 0 Å². The van der Waals surface area contributed by atoms with E-state index < -0.39 is 0 Å². The maximum absolute atomic E-state index is 2.36. The lowest BCUT2D eigenvalue weighted by molar-refractivity contribution is 0.445. The van der Waals surface area contributed by atoms with E-state index in [9.17, 15) is 0 Å². The third-order valence-corrected chi connectivity index (χ3v) is 4.01. The lowest BCUT2D eigenvalue weighted by Crippen LogP contribution is -2.02. The molecule has 0 radical (unpaired) electrons. The molecule has 0 aromatic heterocycles. The quantitative estimate of drug-likeness (QED) is 0.479. The summed E-state index contributed by atoms with van der Waals surface area (Å²) < 4.78 is 0. The number of hydrogen-bond acceptors (Lipinski definition) is 0. The molecule has 0 bridgehead atoms. The van der Waals surface area contributed by atoms with E-state index in [4.69, 9.17) is 0 Å². The largest absolute Gasteiger partial charge is 0.0959 e. The van der Waals surface area contributed by atoms with Crippen LogP contribution in [-0.2, 0) is 0 Å². The SMILES string of the molecule is CC([SiH3])=C(C)CCC1CC=CCC1. The van der Waals surface area contributed by atoms with Gasteiger partial charge in [0, 0.05) is 10.2 Å². The summed E-state index contributed by atoms with van der Waals surface area (Å²) in [4.78, 5) is 0. The molecule has 0 amide bonds. The topological polar surface area (TPSA) is 0 Å². The zero-order valence-corrected chi connectivity index (χ0v) is 11.3. The molecule has 0 aliphatic heterocycles. The highest BCUT2D eigenvalue weighted by Crippen LogP contribution is 2.24. The number of allylic oxidation sites excluding steroid dienone is 4. The van der Waals surface area contributed by atoms with Crippen molar-refractivity contribution in [3.8, 4) is 0 Å². The van der Waals surface area contributed by atoms with Crippen molar-refractivity contribution in [3.63, 3.8) is 0 Å². The molecule has 1 rings (SSSR count). The molecule has 0 spiro atoms. The fourth-order valence-corrected chi connectivity index (χ4v) is 2.04. The average Bonchev–Trinajstić information content (AvgIpc) is 2.15. The summed E-state index contributed by atoms with van der Waals surface area (Å²) >= 11 is 0. The summed E-state index contributed by atoms with van der Waals surface area (Å²) in [5.41, 5.74) is 1.65. The van der Waals surface area contributed by atoms with E-state index in [1.807, 2.05) is 0 Å². The van der Waals surface area contributed by atoms with E-state index >= 15 is 0 Å². The standard InChI is InChI=1S/C12H22Si/c1-10(11(2)13)8-9-12-6-4-3-5-7-12/h3-4,12H,5-9H2,1-2,13H3. The minimum Gasteiger partial charge on any atom is -0.0959 e. The maximum Gasteiger partial charge on any atom is 0.0328 e. The van der Waals surface area contributed by atoms with Gasteiger partial charge in [0.1, 0.15) is 0 Å². The Kier molecular flexibility index (Phi) is 4.50. The first-order chi connectivity index (χ1) is 6.20. The van der Waals surface area contributed by atoms with Crippen LogP contribution in [0.2, 0.25) is 0 Å². The van der Waals surface area contributed by atoms with Crippen LogP contribution >= 0.6 is 0 Å². The molecule has 1 aliphatic carbocycles. The van der Waals surface area contributed by atoms with Crippen molar-refractivity contribution in [2.45, 2.75) is 46.0 Å². The molecular formula is C12H22Si. The minimum atomic E-state index is 0.973. The van der Waals surface area contributed by atoms with Crippen LogP contribution < -0.4 is 0 Å². The molecule has 0 aromatic rings. The van der Waals surface area contributed by atoms with Gasteiger partial charge >= 0.3 is 0 Å². The Labute approximate surface area is 85.5 Å². The second-order valence-electron chi connectivity index (χ2n) is 4.47. The van der Waals surface area contributed by atoms with Crippen LogP contribution in [0, 0.1) is 5.92 Å². The Morgan fingerprint density at radius 2 is 2.15 bits per heavy atom. The van der Waals surface area contributed by atoms with Crippen LogP contribution in [-0.4, -0.2) is 10.2 Å². The van der Waals surface area contributed by atoms with Crippen LogP contribution in [0.15, 0.2) is 22.9 Å². The molecule has 1 atom stereocenters. The van der Waals surface area contributed by atoms with Gasteiger partial charge in [-0.25, -0.2) is 0 Å². The molecule has 0 saturated heterocycles. The zero-order chi connectivity index (χ0) is 9.68. The molecule has 0 heterocycles. The van der Waals surface area contributed by atoms with Gasteiger partial charge in [-0.15, -0.1) is 0 Å². The number of rotatable bonds is 3. The van der Waals surface area contributed by atoms with Gasteiger partial charge in [-0.05, 0) is 51.9 Å². The second kappa shape index (κ2) is 5.43. The van der Waals surface area contributed by atoms with Crippen molar-refractivity contribution in [2.24, 2.45) is 5.92 Å².